The van der Waals surface area contributed by atoms with Gasteiger partial charge >= 0.3 is 0 Å². The van der Waals surface area contributed by atoms with Crippen molar-refractivity contribution in [2.24, 2.45) is 5.11 Å². The number of methoxy groups -OCH3 is 1. The average Bonchev–Trinajstić information content (AvgIpc) is 2.76. The lowest BCUT2D eigenvalue weighted by Crippen LogP contribution is -2.59. The standard InChI is InChI=1S/C21H25N3O5/c1-26-21-18(23-24-22)20(28-13-16-10-6-3-7-11-16)19(25)17(29-21)14-27-12-15-8-4-2-5-9-15/h2-11,17-21,25H,12-14H2,1H3/t17-,18-,19-,20-,21+/m1/s1. The van der Waals surface area contributed by atoms with Gasteiger partial charge in [-0.15, -0.1) is 0 Å². The molecule has 1 N–H and O–H groups in total. The summed E-state index contributed by atoms with van der Waals surface area (Å²) >= 11 is 0. The van der Waals surface area contributed by atoms with E-state index in [0.29, 0.717) is 6.61 Å². The molecule has 1 fully saturated rings. The Morgan fingerprint density at radius 1 is 1.03 bits per heavy atom. The Morgan fingerprint density at radius 3 is 2.24 bits per heavy atom. The Bertz CT molecular complexity index is 785. The highest BCUT2D eigenvalue weighted by Crippen LogP contribution is 2.28. The summed E-state index contributed by atoms with van der Waals surface area (Å²) in [6.07, 6.45) is -3.37. The predicted octanol–water partition coefficient (Wildman–Crippen LogP) is 3.20. The summed E-state index contributed by atoms with van der Waals surface area (Å²) in [5, 5.41) is 14.6. The van der Waals surface area contributed by atoms with Crippen LogP contribution < -0.4 is 0 Å². The molecule has 8 nitrogen and oxygen atoms in total. The van der Waals surface area contributed by atoms with Gasteiger partial charge in [0.1, 0.15) is 18.2 Å². The molecule has 29 heavy (non-hydrogen) atoms. The number of rotatable bonds is 9. The number of ether oxygens (including phenoxy) is 4. The van der Waals surface area contributed by atoms with Gasteiger partial charge in [-0.3, -0.25) is 0 Å². The second-order valence-electron chi connectivity index (χ2n) is 6.73. The molecule has 1 heterocycles. The fourth-order valence-electron chi connectivity index (χ4n) is 3.25. The third-order valence-electron chi connectivity index (χ3n) is 4.74. The third-order valence-corrected chi connectivity index (χ3v) is 4.74. The van der Waals surface area contributed by atoms with E-state index in [9.17, 15) is 5.11 Å². The van der Waals surface area contributed by atoms with E-state index in [2.05, 4.69) is 10.0 Å². The van der Waals surface area contributed by atoms with E-state index in [0.717, 1.165) is 11.1 Å². The van der Waals surface area contributed by atoms with E-state index in [4.69, 9.17) is 24.5 Å². The molecule has 1 aliphatic heterocycles. The SMILES string of the molecule is CO[C@H]1O[C@H](COCc2ccccc2)[C@@H](O)[C@H](OCc2ccccc2)[C@H]1N=[N+]=[N-]. The van der Waals surface area contributed by atoms with E-state index in [1.54, 1.807) is 0 Å². The zero-order valence-electron chi connectivity index (χ0n) is 16.2. The van der Waals surface area contributed by atoms with Gasteiger partial charge in [-0.25, -0.2) is 0 Å². The second kappa shape index (κ2) is 10.9. The van der Waals surface area contributed by atoms with Gasteiger partial charge in [0.2, 0.25) is 0 Å². The number of nitrogens with zero attached hydrogens (tertiary/aromatic N) is 3. The summed E-state index contributed by atoms with van der Waals surface area (Å²) in [7, 11) is 1.46. The van der Waals surface area contributed by atoms with Crippen LogP contribution in [0, 0.1) is 0 Å². The van der Waals surface area contributed by atoms with Crippen LogP contribution in [0.25, 0.3) is 10.4 Å². The fraction of sp³-hybridized carbons (Fsp3) is 0.429. The fourth-order valence-corrected chi connectivity index (χ4v) is 3.25. The molecule has 0 radical (unpaired) electrons. The van der Waals surface area contributed by atoms with Crippen LogP contribution in [0.4, 0.5) is 0 Å². The van der Waals surface area contributed by atoms with Crippen LogP contribution in [0.3, 0.4) is 0 Å². The van der Waals surface area contributed by atoms with Crippen LogP contribution in [0.2, 0.25) is 0 Å². The van der Waals surface area contributed by atoms with Gasteiger partial charge in [0.05, 0.1) is 25.9 Å². The lowest BCUT2D eigenvalue weighted by atomic mass is 9.97. The minimum atomic E-state index is -1.05. The zero-order valence-corrected chi connectivity index (χ0v) is 16.2. The molecule has 0 spiro atoms. The molecule has 2 aromatic carbocycles. The highest BCUT2D eigenvalue weighted by Gasteiger charge is 2.46. The normalized spacial score (nSPS) is 26.6. The highest BCUT2D eigenvalue weighted by molar-refractivity contribution is 5.14. The summed E-state index contributed by atoms with van der Waals surface area (Å²) < 4.78 is 22.8. The molecule has 3 rings (SSSR count). The van der Waals surface area contributed by atoms with Gasteiger partial charge in [0, 0.05) is 12.0 Å². The lowest BCUT2D eigenvalue weighted by Gasteiger charge is -2.42. The first-order valence-electron chi connectivity index (χ1n) is 9.40. The van der Waals surface area contributed by atoms with Crippen LogP contribution in [0.5, 0.6) is 0 Å². The van der Waals surface area contributed by atoms with Gasteiger partial charge in [-0.2, -0.15) is 0 Å². The Hall–Kier alpha value is -2.45. The second-order valence-corrected chi connectivity index (χ2v) is 6.73. The van der Waals surface area contributed by atoms with Gasteiger partial charge in [-0.05, 0) is 16.7 Å². The maximum atomic E-state index is 10.8. The molecule has 2 aromatic rings. The Morgan fingerprint density at radius 2 is 1.66 bits per heavy atom. The molecule has 0 aromatic heterocycles. The monoisotopic (exact) mass is 399 g/mol. The molecule has 0 aliphatic carbocycles. The van der Waals surface area contributed by atoms with Gasteiger partial charge in [-0.1, -0.05) is 65.8 Å². The first-order valence-corrected chi connectivity index (χ1v) is 9.40. The van der Waals surface area contributed by atoms with Gasteiger partial charge in [0.25, 0.3) is 0 Å². The average molecular weight is 399 g/mol. The van der Waals surface area contributed by atoms with Crippen molar-refractivity contribution in [3.63, 3.8) is 0 Å². The van der Waals surface area contributed by atoms with Crippen LogP contribution in [0.1, 0.15) is 11.1 Å². The molecule has 0 unspecified atom stereocenters. The smallest absolute Gasteiger partial charge is 0.168 e. The summed E-state index contributed by atoms with van der Waals surface area (Å²) in [4.78, 5) is 2.87. The van der Waals surface area contributed by atoms with Crippen LogP contribution in [0.15, 0.2) is 65.8 Å². The number of benzene rings is 2. The summed E-state index contributed by atoms with van der Waals surface area (Å²) in [6.45, 7) is 0.790. The molecule has 1 aliphatic rings. The van der Waals surface area contributed by atoms with Crippen molar-refractivity contribution in [2.45, 2.75) is 43.9 Å². The van der Waals surface area contributed by atoms with E-state index in [1.807, 2.05) is 60.7 Å². The maximum absolute atomic E-state index is 10.8. The molecule has 0 saturated carbocycles. The summed E-state index contributed by atoms with van der Waals surface area (Å²) in [6, 6.07) is 18.5. The van der Waals surface area contributed by atoms with Crippen LogP contribution in [-0.2, 0) is 32.2 Å². The number of aliphatic hydroxyl groups excluding tert-OH is 1. The van der Waals surface area contributed by atoms with Crippen molar-refractivity contribution in [1.82, 2.24) is 0 Å². The first kappa shape index (κ1) is 21.3. The Balaban J connectivity index is 1.67. The third kappa shape index (κ3) is 5.77. The van der Waals surface area contributed by atoms with Crippen molar-refractivity contribution >= 4 is 0 Å². The predicted molar refractivity (Wildman–Crippen MR) is 106 cm³/mol. The van der Waals surface area contributed by atoms with E-state index in [-0.39, 0.29) is 13.2 Å². The Kier molecular flexibility index (Phi) is 8.01. The number of aliphatic hydroxyl groups is 1. The van der Waals surface area contributed by atoms with Crippen molar-refractivity contribution < 1.29 is 24.1 Å². The molecule has 5 atom stereocenters. The van der Waals surface area contributed by atoms with Gasteiger partial charge < -0.3 is 24.1 Å². The zero-order chi connectivity index (χ0) is 20.5. The molecule has 8 heteroatoms. The van der Waals surface area contributed by atoms with Crippen molar-refractivity contribution in [3.05, 3.63) is 82.2 Å². The number of azide groups is 1. The molecule has 1 saturated heterocycles. The van der Waals surface area contributed by atoms with Gasteiger partial charge in [0.15, 0.2) is 6.29 Å². The van der Waals surface area contributed by atoms with E-state index < -0.39 is 30.6 Å². The summed E-state index contributed by atoms with van der Waals surface area (Å²) in [5.74, 6) is 0. The van der Waals surface area contributed by atoms with E-state index >= 15 is 0 Å². The highest BCUT2D eigenvalue weighted by atomic mass is 16.7. The molecule has 0 amide bonds. The van der Waals surface area contributed by atoms with Crippen molar-refractivity contribution in [1.29, 1.82) is 0 Å². The first-order chi connectivity index (χ1) is 14.2. The Labute approximate surface area is 169 Å². The molecular weight excluding hydrogens is 374 g/mol. The van der Waals surface area contributed by atoms with Crippen LogP contribution in [-0.4, -0.2) is 49.5 Å². The van der Waals surface area contributed by atoms with E-state index in [1.165, 1.54) is 7.11 Å². The van der Waals surface area contributed by atoms with Crippen molar-refractivity contribution in [2.75, 3.05) is 13.7 Å². The minimum Gasteiger partial charge on any atom is -0.388 e. The molecular formula is C21H25N3O5. The maximum Gasteiger partial charge on any atom is 0.168 e. The quantitative estimate of drug-likeness (QED) is 0.396. The largest absolute Gasteiger partial charge is 0.388 e. The lowest BCUT2D eigenvalue weighted by molar-refractivity contribution is -0.270. The molecule has 0 bridgehead atoms. The molecule has 154 valence electrons. The topological polar surface area (TPSA) is 106 Å². The minimum absolute atomic E-state index is 0.143. The van der Waals surface area contributed by atoms with Crippen molar-refractivity contribution in [3.8, 4) is 0 Å². The van der Waals surface area contributed by atoms with Crippen LogP contribution >= 0.6 is 0 Å². The number of hydrogen-bond acceptors (Lipinski definition) is 6. The number of hydrogen-bond donors (Lipinski definition) is 1. The summed E-state index contributed by atoms with van der Waals surface area (Å²) in [5.41, 5.74) is 10.9.